The molecule has 0 spiro atoms. The van der Waals surface area contributed by atoms with Crippen LogP contribution in [0.3, 0.4) is 0 Å². The van der Waals surface area contributed by atoms with E-state index in [0.717, 1.165) is 0 Å². The van der Waals surface area contributed by atoms with Crippen LogP contribution >= 0.6 is 0 Å². The summed E-state index contributed by atoms with van der Waals surface area (Å²) in [4.78, 5) is 0. The average molecular weight is 236 g/mol. The van der Waals surface area contributed by atoms with Gasteiger partial charge in [0.05, 0.1) is 0 Å². The standard InChI is InChI=1S/C18H20/c1-13(2)18-16-11-7-6-10-15(16)12-17(18)14-8-4-3-5-9-14/h3-11,13,17-18H,12H2,1-2H3. The summed E-state index contributed by atoms with van der Waals surface area (Å²) < 4.78 is 0. The molecule has 2 aromatic carbocycles. The van der Waals surface area contributed by atoms with Crippen LogP contribution in [0.25, 0.3) is 0 Å². The van der Waals surface area contributed by atoms with E-state index in [9.17, 15) is 0 Å². The highest BCUT2D eigenvalue weighted by Gasteiger charge is 2.34. The van der Waals surface area contributed by atoms with Gasteiger partial charge < -0.3 is 0 Å². The van der Waals surface area contributed by atoms with Gasteiger partial charge in [-0.1, -0.05) is 68.4 Å². The molecule has 0 aliphatic heterocycles. The van der Waals surface area contributed by atoms with Gasteiger partial charge in [0, 0.05) is 0 Å². The fourth-order valence-electron chi connectivity index (χ4n) is 3.48. The summed E-state index contributed by atoms with van der Waals surface area (Å²) in [6.07, 6.45) is 1.20. The van der Waals surface area contributed by atoms with Crippen LogP contribution < -0.4 is 0 Å². The van der Waals surface area contributed by atoms with E-state index < -0.39 is 0 Å². The van der Waals surface area contributed by atoms with Gasteiger partial charge in [0.15, 0.2) is 0 Å². The Morgan fingerprint density at radius 2 is 1.56 bits per heavy atom. The molecule has 0 heteroatoms. The van der Waals surface area contributed by atoms with Crippen molar-refractivity contribution in [2.45, 2.75) is 32.1 Å². The van der Waals surface area contributed by atoms with E-state index in [1.807, 2.05) is 0 Å². The predicted octanol–water partition coefficient (Wildman–Crippen LogP) is 4.77. The highest BCUT2D eigenvalue weighted by Crippen LogP contribution is 2.47. The largest absolute Gasteiger partial charge is 0.0622 e. The Morgan fingerprint density at radius 3 is 2.28 bits per heavy atom. The highest BCUT2D eigenvalue weighted by atomic mass is 14.4. The highest BCUT2D eigenvalue weighted by molar-refractivity contribution is 5.42. The normalized spacial score (nSPS) is 22.2. The van der Waals surface area contributed by atoms with Crippen LogP contribution in [0.2, 0.25) is 0 Å². The second kappa shape index (κ2) is 4.61. The van der Waals surface area contributed by atoms with Crippen molar-refractivity contribution in [3.8, 4) is 0 Å². The predicted molar refractivity (Wildman–Crippen MR) is 76.9 cm³/mol. The minimum atomic E-state index is 0.656. The number of hydrogen-bond donors (Lipinski definition) is 0. The fraction of sp³-hybridized carbons (Fsp3) is 0.333. The van der Waals surface area contributed by atoms with Gasteiger partial charge in [-0.25, -0.2) is 0 Å². The van der Waals surface area contributed by atoms with Crippen molar-refractivity contribution in [2.24, 2.45) is 5.92 Å². The SMILES string of the molecule is CC(C)C1c2ccccc2CC1c1ccccc1. The van der Waals surface area contributed by atoms with Crippen LogP contribution in [0.4, 0.5) is 0 Å². The molecule has 0 nitrogen and oxygen atoms in total. The Bertz CT molecular complexity index is 525. The molecule has 18 heavy (non-hydrogen) atoms. The molecule has 0 saturated heterocycles. The van der Waals surface area contributed by atoms with Crippen LogP contribution in [0.5, 0.6) is 0 Å². The molecule has 2 unspecified atom stereocenters. The van der Waals surface area contributed by atoms with Crippen molar-refractivity contribution >= 4 is 0 Å². The van der Waals surface area contributed by atoms with Crippen LogP contribution in [0, 0.1) is 5.92 Å². The summed E-state index contributed by atoms with van der Waals surface area (Å²) in [6, 6.07) is 20.0. The molecule has 0 fully saturated rings. The Labute approximate surface area is 110 Å². The van der Waals surface area contributed by atoms with E-state index >= 15 is 0 Å². The molecule has 3 rings (SSSR count). The molecule has 0 radical (unpaired) electrons. The van der Waals surface area contributed by atoms with E-state index in [-0.39, 0.29) is 0 Å². The van der Waals surface area contributed by atoms with Gasteiger partial charge >= 0.3 is 0 Å². The Hall–Kier alpha value is -1.56. The number of benzene rings is 2. The molecule has 0 amide bonds. The third-order valence-corrected chi connectivity index (χ3v) is 4.23. The molecule has 0 heterocycles. The van der Waals surface area contributed by atoms with E-state index in [2.05, 4.69) is 68.4 Å². The van der Waals surface area contributed by atoms with Crippen molar-refractivity contribution in [1.29, 1.82) is 0 Å². The molecular formula is C18H20. The van der Waals surface area contributed by atoms with Crippen molar-refractivity contribution in [3.05, 3.63) is 71.3 Å². The maximum absolute atomic E-state index is 2.35. The van der Waals surface area contributed by atoms with E-state index in [1.165, 1.54) is 12.0 Å². The van der Waals surface area contributed by atoms with Crippen molar-refractivity contribution < 1.29 is 0 Å². The summed E-state index contributed by atoms with van der Waals surface area (Å²) in [7, 11) is 0. The topological polar surface area (TPSA) is 0 Å². The zero-order chi connectivity index (χ0) is 12.5. The van der Waals surface area contributed by atoms with Crippen LogP contribution in [-0.4, -0.2) is 0 Å². The van der Waals surface area contributed by atoms with Crippen molar-refractivity contribution in [3.63, 3.8) is 0 Å². The average Bonchev–Trinajstić information content (AvgIpc) is 2.79. The minimum Gasteiger partial charge on any atom is -0.0622 e. The maximum atomic E-state index is 2.35. The van der Waals surface area contributed by atoms with Gasteiger partial charge in [0.25, 0.3) is 0 Å². The Morgan fingerprint density at radius 1 is 0.889 bits per heavy atom. The lowest BCUT2D eigenvalue weighted by Crippen LogP contribution is -2.12. The van der Waals surface area contributed by atoms with Gasteiger partial charge in [0.2, 0.25) is 0 Å². The molecule has 0 aromatic heterocycles. The van der Waals surface area contributed by atoms with Gasteiger partial charge in [-0.2, -0.15) is 0 Å². The molecule has 1 aliphatic carbocycles. The second-order valence-corrected chi connectivity index (χ2v) is 5.69. The minimum absolute atomic E-state index is 0.656. The Balaban J connectivity index is 2.04. The first-order chi connectivity index (χ1) is 8.77. The maximum Gasteiger partial charge on any atom is -0.00500 e. The van der Waals surface area contributed by atoms with Gasteiger partial charge in [-0.3, -0.25) is 0 Å². The summed E-state index contributed by atoms with van der Waals surface area (Å²) in [5.41, 5.74) is 4.61. The molecule has 2 aromatic rings. The van der Waals surface area contributed by atoms with Crippen LogP contribution in [0.1, 0.15) is 42.4 Å². The van der Waals surface area contributed by atoms with Crippen molar-refractivity contribution in [2.75, 3.05) is 0 Å². The summed E-state index contributed by atoms with van der Waals surface area (Å²) in [5.74, 6) is 2.02. The van der Waals surface area contributed by atoms with Crippen LogP contribution in [0.15, 0.2) is 54.6 Å². The zero-order valence-electron chi connectivity index (χ0n) is 11.1. The number of hydrogen-bond acceptors (Lipinski definition) is 0. The molecule has 0 bridgehead atoms. The molecule has 0 N–H and O–H groups in total. The first-order valence-corrected chi connectivity index (χ1v) is 6.90. The third-order valence-electron chi connectivity index (χ3n) is 4.23. The summed E-state index contributed by atoms with van der Waals surface area (Å²) in [6.45, 7) is 4.70. The lowest BCUT2D eigenvalue weighted by atomic mass is 9.79. The molecule has 2 atom stereocenters. The molecule has 92 valence electrons. The number of fused-ring (bicyclic) bond motifs is 1. The van der Waals surface area contributed by atoms with Gasteiger partial charge in [0.1, 0.15) is 0 Å². The monoisotopic (exact) mass is 236 g/mol. The summed E-state index contributed by atoms with van der Waals surface area (Å²) in [5, 5.41) is 0. The lowest BCUT2D eigenvalue weighted by molar-refractivity contribution is 0.445. The molecule has 0 saturated carbocycles. The second-order valence-electron chi connectivity index (χ2n) is 5.69. The third kappa shape index (κ3) is 1.86. The zero-order valence-corrected chi connectivity index (χ0v) is 11.1. The number of rotatable bonds is 2. The van der Waals surface area contributed by atoms with Crippen LogP contribution in [-0.2, 0) is 6.42 Å². The lowest BCUT2D eigenvalue weighted by Gasteiger charge is -2.24. The van der Waals surface area contributed by atoms with Crippen molar-refractivity contribution in [1.82, 2.24) is 0 Å². The molecular weight excluding hydrogens is 216 g/mol. The first kappa shape index (κ1) is 11.5. The first-order valence-electron chi connectivity index (χ1n) is 6.90. The van der Waals surface area contributed by atoms with E-state index in [1.54, 1.807) is 11.1 Å². The quantitative estimate of drug-likeness (QED) is 0.705. The Kier molecular flexibility index (Phi) is 2.95. The molecule has 1 aliphatic rings. The van der Waals surface area contributed by atoms with E-state index in [4.69, 9.17) is 0 Å². The van der Waals surface area contributed by atoms with Gasteiger partial charge in [-0.15, -0.1) is 0 Å². The fourth-order valence-corrected chi connectivity index (χ4v) is 3.48. The van der Waals surface area contributed by atoms with Gasteiger partial charge in [-0.05, 0) is 40.9 Å². The summed E-state index contributed by atoms with van der Waals surface area (Å²) >= 11 is 0. The smallest absolute Gasteiger partial charge is 0.00500 e. The van der Waals surface area contributed by atoms with E-state index in [0.29, 0.717) is 17.8 Å².